The third-order valence-corrected chi connectivity index (χ3v) is 1.83. The fraction of sp³-hybridized carbons (Fsp3) is 0.167. The first-order valence-electron chi connectivity index (χ1n) is 2.96. The SMILES string of the molecule is CN(c1ccccn1)S(=O)[O-]. The highest BCUT2D eigenvalue weighted by Gasteiger charge is 1.98. The van der Waals surface area contributed by atoms with Crippen molar-refractivity contribution in [2.75, 3.05) is 11.4 Å². The molecule has 1 rings (SSSR count). The molecule has 5 heteroatoms. The molecule has 0 radical (unpaired) electrons. The van der Waals surface area contributed by atoms with Crippen molar-refractivity contribution >= 4 is 17.1 Å². The Kier molecular flexibility index (Phi) is 2.56. The van der Waals surface area contributed by atoms with E-state index >= 15 is 0 Å². The predicted octanol–water partition coefficient (Wildman–Crippen LogP) is 0.312. The Morgan fingerprint density at radius 3 is 2.82 bits per heavy atom. The molecule has 1 heterocycles. The summed E-state index contributed by atoms with van der Waals surface area (Å²) < 4.78 is 21.8. The van der Waals surface area contributed by atoms with Crippen molar-refractivity contribution in [3.05, 3.63) is 24.4 Å². The second kappa shape index (κ2) is 3.45. The van der Waals surface area contributed by atoms with E-state index < -0.39 is 11.3 Å². The average Bonchev–Trinajstić information content (AvgIpc) is 2.05. The molecule has 1 aromatic rings. The summed E-state index contributed by atoms with van der Waals surface area (Å²) in [4.78, 5) is 3.83. The van der Waals surface area contributed by atoms with Gasteiger partial charge < -0.3 is 4.55 Å². The maximum atomic E-state index is 10.4. The van der Waals surface area contributed by atoms with E-state index in [-0.39, 0.29) is 0 Å². The van der Waals surface area contributed by atoms with Crippen molar-refractivity contribution in [3.63, 3.8) is 0 Å². The first-order valence-corrected chi connectivity index (χ1v) is 3.99. The number of hydrogen-bond acceptors (Lipinski definition) is 3. The lowest BCUT2D eigenvalue weighted by atomic mass is 10.5. The van der Waals surface area contributed by atoms with Gasteiger partial charge in [-0.1, -0.05) is 6.07 Å². The molecule has 1 unspecified atom stereocenters. The van der Waals surface area contributed by atoms with Crippen LogP contribution in [-0.2, 0) is 11.3 Å². The van der Waals surface area contributed by atoms with Crippen LogP contribution in [0.5, 0.6) is 0 Å². The van der Waals surface area contributed by atoms with Gasteiger partial charge in [-0.05, 0) is 12.1 Å². The Bertz CT molecular complexity index is 252. The van der Waals surface area contributed by atoms with Crippen LogP contribution in [-0.4, -0.2) is 20.8 Å². The molecule has 0 bridgehead atoms. The fourth-order valence-electron chi connectivity index (χ4n) is 0.616. The van der Waals surface area contributed by atoms with Gasteiger partial charge in [0, 0.05) is 24.5 Å². The molecule has 11 heavy (non-hydrogen) atoms. The van der Waals surface area contributed by atoms with Gasteiger partial charge in [0.05, 0.1) is 0 Å². The third kappa shape index (κ3) is 1.99. The van der Waals surface area contributed by atoms with Crippen LogP contribution in [0.2, 0.25) is 0 Å². The standard InChI is InChI=1S/C6H8N2O2S/c1-8(11(9)10)6-4-2-3-5-7-6/h2-5H,1H3,(H,9,10)/p-1. The molecule has 1 atom stereocenters. The van der Waals surface area contributed by atoms with Crippen LogP contribution in [0.1, 0.15) is 0 Å². The molecule has 0 aliphatic carbocycles. The van der Waals surface area contributed by atoms with Crippen LogP contribution in [0, 0.1) is 0 Å². The predicted molar refractivity (Wildman–Crippen MR) is 41.6 cm³/mol. The summed E-state index contributed by atoms with van der Waals surface area (Å²) in [5.74, 6) is 0.417. The van der Waals surface area contributed by atoms with Gasteiger partial charge in [-0.15, -0.1) is 0 Å². The van der Waals surface area contributed by atoms with E-state index in [4.69, 9.17) is 0 Å². The summed E-state index contributed by atoms with van der Waals surface area (Å²) in [6, 6.07) is 5.08. The average molecular weight is 171 g/mol. The zero-order valence-corrected chi connectivity index (χ0v) is 6.75. The molecule has 0 fully saturated rings. The minimum Gasteiger partial charge on any atom is -0.755 e. The number of aromatic nitrogens is 1. The van der Waals surface area contributed by atoms with Crippen molar-refractivity contribution in [2.24, 2.45) is 0 Å². The van der Waals surface area contributed by atoms with Crippen molar-refractivity contribution in [2.45, 2.75) is 0 Å². The minimum atomic E-state index is -2.24. The van der Waals surface area contributed by atoms with Crippen molar-refractivity contribution in [3.8, 4) is 0 Å². The summed E-state index contributed by atoms with van der Waals surface area (Å²) in [6.07, 6.45) is 1.54. The number of rotatable bonds is 2. The fourth-order valence-corrected chi connectivity index (χ4v) is 0.877. The number of pyridine rings is 1. The van der Waals surface area contributed by atoms with Gasteiger partial charge in [-0.2, -0.15) is 0 Å². The Labute approximate surface area is 67.3 Å². The number of anilines is 1. The summed E-state index contributed by atoms with van der Waals surface area (Å²) in [7, 11) is 1.44. The lowest BCUT2D eigenvalue weighted by Crippen LogP contribution is -2.20. The molecule has 0 N–H and O–H groups in total. The maximum Gasteiger partial charge on any atom is 0.139 e. The van der Waals surface area contributed by atoms with Crippen molar-refractivity contribution < 1.29 is 8.76 Å². The van der Waals surface area contributed by atoms with Crippen LogP contribution in [0.15, 0.2) is 24.4 Å². The molecule has 0 aliphatic heterocycles. The topological polar surface area (TPSA) is 56.3 Å². The second-order valence-electron chi connectivity index (χ2n) is 1.90. The van der Waals surface area contributed by atoms with Gasteiger partial charge in [0.25, 0.3) is 0 Å². The lowest BCUT2D eigenvalue weighted by Gasteiger charge is -2.19. The maximum absolute atomic E-state index is 10.4. The number of nitrogens with zero attached hydrogens (tertiary/aromatic N) is 2. The summed E-state index contributed by atoms with van der Waals surface area (Å²) >= 11 is -2.24. The van der Waals surface area contributed by atoms with E-state index in [1.54, 1.807) is 24.4 Å². The van der Waals surface area contributed by atoms with E-state index in [1.165, 1.54) is 7.05 Å². The molecule has 0 amide bonds. The minimum absolute atomic E-state index is 0.417. The molecule has 0 spiro atoms. The molecule has 1 aromatic heterocycles. The molecule has 60 valence electrons. The summed E-state index contributed by atoms with van der Waals surface area (Å²) in [5.41, 5.74) is 0. The van der Waals surface area contributed by atoms with E-state index in [9.17, 15) is 8.76 Å². The van der Waals surface area contributed by atoms with E-state index in [1.807, 2.05) is 0 Å². The second-order valence-corrected chi connectivity index (χ2v) is 2.88. The van der Waals surface area contributed by atoms with Gasteiger partial charge >= 0.3 is 0 Å². The first kappa shape index (κ1) is 8.16. The summed E-state index contributed by atoms with van der Waals surface area (Å²) in [6.45, 7) is 0. The largest absolute Gasteiger partial charge is 0.755 e. The first-order chi connectivity index (χ1) is 5.22. The van der Waals surface area contributed by atoms with E-state index in [0.29, 0.717) is 5.82 Å². The molecule has 4 nitrogen and oxygen atoms in total. The van der Waals surface area contributed by atoms with E-state index in [0.717, 1.165) is 4.31 Å². The van der Waals surface area contributed by atoms with E-state index in [2.05, 4.69) is 4.98 Å². The molecular formula is C6H7N2O2S-. The van der Waals surface area contributed by atoms with Crippen molar-refractivity contribution in [1.82, 2.24) is 4.98 Å². The van der Waals surface area contributed by atoms with Crippen LogP contribution in [0.4, 0.5) is 5.82 Å². The highest BCUT2D eigenvalue weighted by Crippen LogP contribution is 2.06. The summed E-state index contributed by atoms with van der Waals surface area (Å²) in [5, 5.41) is 0. The van der Waals surface area contributed by atoms with Gasteiger partial charge in [0.15, 0.2) is 0 Å². The van der Waals surface area contributed by atoms with Crippen LogP contribution >= 0.6 is 0 Å². The Morgan fingerprint density at radius 2 is 2.36 bits per heavy atom. The highest BCUT2D eigenvalue weighted by atomic mass is 32.2. The molecule has 0 saturated heterocycles. The molecule has 0 saturated carbocycles. The van der Waals surface area contributed by atoms with Crippen LogP contribution in [0.25, 0.3) is 0 Å². The molecule has 0 aliphatic rings. The van der Waals surface area contributed by atoms with Crippen LogP contribution < -0.4 is 4.31 Å². The molecular weight excluding hydrogens is 164 g/mol. The Balaban J connectivity index is 2.85. The highest BCUT2D eigenvalue weighted by molar-refractivity contribution is 7.80. The van der Waals surface area contributed by atoms with Gasteiger partial charge in [-0.3, -0.25) is 8.51 Å². The Morgan fingerprint density at radius 1 is 1.64 bits per heavy atom. The van der Waals surface area contributed by atoms with Crippen molar-refractivity contribution in [1.29, 1.82) is 0 Å². The van der Waals surface area contributed by atoms with Crippen LogP contribution in [0.3, 0.4) is 0 Å². The lowest BCUT2D eigenvalue weighted by molar-refractivity contribution is 0.535. The monoisotopic (exact) mass is 171 g/mol. The quantitative estimate of drug-likeness (QED) is 0.602. The van der Waals surface area contributed by atoms with Gasteiger partial charge in [-0.25, -0.2) is 4.98 Å². The Hall–Kier alpha value is -0.940. The zero-order chi connectivity index (χ0) is 8.27. The zero-order valence-electron chi connectivity index (χ0n) is 5.93. The smallest absolute Gasteiger partial charge is 0.139 e. The van der Waals surface area contributed by atoms with Gasteiger partial charge in [0.2, 0.25) is 0 Å². The normalized spacial score (nSPS) is 12.5. The molecule has 0 aromatic carbocycles. The number of hydrogen-bond donors (Lipinski definition) is 0. The van der Waals surface area contributed by atoms with Gasteiger partial charge in [0.1, 0.15) is 5.82 Å². The third-order valence-electron chi connectivity index (χ3n) is 1.20.